The van der Waals surface area contributed by atoms with Crippen LogP contribution in [-0.4, -0.2) is 18.2 Å². The van der Waals surface area contributed by atoms with Gasteiger partial charge in [-0.15, -0.1) is 0 Å². The van der Waals surface area contributed by atoms with Gasteiger partial charge in [0.15, 0.2) is 5.11 Å². The SMILES string of the molecule is COC(=O)c1cccc(NC(=S)N[C@H](c2ccccc2)c2ccccc2C)c1. The molecule has 0 aromatic heterocycles. The zero-order valence-electron chi connectivity index (χ0n) is 15.8. The summed E-state index contributed by atoms with van der Waals surface area (Å²) in [7, 11) is 1.36. The lowest BCUT2D eigenvalue weighted by molar-refractivity contribution is 0.0601. The Labute approximate surface area is 170 Å². The van der Waals surface area contributed by atoms with E-state index in [4.69, 9.17) is 17.0 Å². The van der Waals surface area contributed by atoms with Gasteiger partial charge < -0.3 is 15.4 Å². The number of hydrogen-bond donors (Lipinski definition) is 2. The van der Waals surface area contributed by atoms with Gasteiger partial charge >= 0.3 is 5.97 Å². The van der Waals surface area contributed by atoms with Crippen LogP contribution in [0.25, 0.3) is 0 Å². The van der Waals surface area contributed by atoms with Crippen molar-refractivity contribution in [2.45, 2.75) is 13.0 Å². The van der Waals surface area contributed by atoms with Crippen LogP contribution in [0.3, 0.4) is 0 Å². The second-order valence-electron chi connectivity index (χ2n) is 6.37. The Balaban J connectivity index is 1.83. The third-order valence-corrected chi connectivity index (χ3v) is 4.67. The molecule has 0 radical (unpaired) electrons. The van der Waals surface area contributed by atoms with Crippen molar-refractivity contribution < 1.29 is 9.53 Å². The Bertz CT molecular complexity index is 973. The first-order valence-corrected chi connectivity index (χ1v) is 9.35. The molecule has 28 heavy (non-hydrogen) atoms. The predicted octanol–water partition coefficient (Wildman–Crippen LogP) is 4.86. The molecule has 2 N–H and O–H groups in total. The van der Waals surface area contributed by atoms with Crippen molar-refractivity contribution in [3.8, 4) is 0 Å². The summed E-state index contributed by atoms with van der Waals surface area (Å²) in [4.78, 5) is 11.7. The standard InChI is InChI=1S/C23H22N2O2S/c1-16-9-6-7-14-20(16)21(17-10-4-3-5-11-17)25-23(28)24-19-13-8-12-18(15-19)22(26)27-2/h3-15,21H,1-2H3,(H2,24,25,28)/t21-/m1/s1. The monoisotopic (exact) mass is 390 g/mol. The molecule has 5 heteroatoms. The molecule has 142 valence electrons. The first-order valence-electron chi connectivity index (χ1n) is 8.95. The van der Waals surface area contributed by atoms with Gasteiger partial charge in [-0.3, -0.25) is 0 Å². The summed E-state index contributed by atoms with van der Waals surface area (Å²) in [5.74, 6) is -0.385. The summed E-state index contributed by atoms with van der Waals surface area (Å²) < 4.78 is 4.77. The van der Waals surface area contributed by atoms with E-state index in [0.29, 0.717) is 10.7 Å². The third-order valence-electron chi connectivity index (χ3n) is 4.45. The topological polar surface area (TPSA) is 50.4 Å². The van der Waals surface area contributed by atoms with Crippen LogP contribution in [-0.2, 0) is 4.74 Å². The molecule has 0 heterocycles. The van der Waals surface area contributed by atoms with Crippen molar-refractivity contribution in [3.05, 3.63) is 101 Å². The van der Waals surface area contributed by atoms with Gasteiger partial charge in [0, 0.05) is 5.69 Å². The summed E-state index contributed by atoms with van der Waals surface area (Å²) in [6.45, 7) is 2.09. The number of aryl methyl sites for hydroxylation is 1. The van der Waals surface area contributed by atoms with E-state index < -0.39 is 0 Å². The summed E-state index contributed by atoms with van der Waals surface area (Å²) in [5, 5.41) is 7.04. The molecule has 0 spiro atoms. The number of hydrogen-bond acceptors (Lipinski definition) is 3. The number of rotatable bonds is 5. The quantitative estimate of drug-likeness (QED) is 0.481. The molecule has 0 unspecified atom stereocenters. The lowest BCUT2D eigenvalue weighted by Crippen LogP contribution is -2.33. The van der Waals surface area contributed by atoms with Crippen LogP contribution in [0.15, 0.2) is 78.9 Å². The minimum absolute atomic E-state index is 0.0915. The van der Waals surface area contributed by atoms with Gasteiger partial charge in [-0.05, 0) is 54.0 Å². The van der Waals surface area contributed by atoms with Crippen LogP contribution < -0.4 is 10.6 Å². The van der Waals surface area contributed by atoms with Gasteiger partial charge in [0.25, 0.3) is 0 Å². The predicted molar refractivity (Wildman–Crippen MR) is 117 cm³/mol. The summed E-state index contributed by atoms with van der Waals surface area (Å²) in [5.41, 5.74) is 4.63. The first-order chi connectivity index (χ1) is 13.6. The van der Waals surface area contributed by atoms with Crippen molar-refractivity contribution >= 4 is 29.0 Å². The van der Waals surface area contributed by atoms with E-state index in [0.717, 1.165) is 16.8 Å². The maximum Gasteiger partial charge on any atom is 0.337 e. The molecule has 0 aliphatic carbocycles. The number of esters is 1. The molecular weight excluding hydrogens is 368 g/mol. The molecule has 0 bridgehead atoms. The highest BCUT2D eigenvalue weighted by molar-refractivity contribution is 7.80. The number of anilines is 1. The molecule has 1 atom stereocenters. The average Bonchev–Trinajstić information content (AvgIpc) is 2.73. The second kappa shape index (κ2) is 9.15. The van der Waals surface area contributed by atoms with Crippen LogP contribution in [0, 0.1) is 6.92 Å². The normalized spacial score (nSPS) is 11.4. The minimum atomic E-state index is -0.385. The number of methoxy groups -OCH3 is 1. The van der Waals surface area contributed by atoms with Crippen molar-refractivity contribution in [2.75, 3.05) is 12.4 Å². The van der Waals surface area contributed by atoms with Crippen LogP contribution in [0.4, 0.5) is 5.69 Å². The molecule has 0 saturated carbocycles. The van der Waals surface area contributed by atoms with Gasteiger partial charge in [-0.2, -0.15) is 0 Å². The zero-order valence-corrected chi connectivity index (χ0v) is 16.6. The third kappa shape index (κ3) is 4.75. The number of carbonyl (C=O) groups is 1. The molecule has 3 aromatic carbocycles. The largest absolute Gasteiger partial charge is 0.465 e. The molecule has 0 aliphatic heterocycles. The molecule has 0 saturated heterocycles. The lowest BCUT2D eigenvalue weighted by Gasteiger charge is -2.23. The fraction of sp³-hybridized carbons (Fsp3) is 0.130. The van der Waals surface area contributed by atoms with Crippen LogP contribution in [0.1, 0.15) is 33.1 Å². The van der Waals surface area contributed by atoms with E-state index in [1.54, 1.807) is 18.2 Å². The summed E-state index contributed by atoms with van der Waals surface area (Å²) in [6, 6.07) is 25.4. The van der Waals surface area contributed by atoms with Crippen molar-refractivity contribution in [1.29, 1.82) is 0 Å². The van der Waals surface area contributed by atoms with E-state index in [-0.39, 0.29) is 12.0 Å². The maximum atomic E-state index is 11.7. The van der Waals surface area contributed by atoms with E-state index in [2.05, 4.69) is 41.8 Å². The molecule has 3 rings (SSSR count). The average molecular weight is 391 g/mol. The van der Waals surface area contributed by atoms with Gasteiger partial charge in [0.05, 0.1) is 18.7 Å². The Morgan fingerprint density at radius 3 is 2.39 bits per heavy atom. The molecule has 0 fully saturated rings. The molecule has 4 nitrogen and oxygen atoms in total. The second-order valence-corrected chi connectivity index (χ2v) is 6.78. The lowest BCUT2D eigenvalue weighted by atomic mass is 9.95. The van der Waals surface area contributed by atoms with Crippen molar-refractivity contribution in [3.63, 3.8) is 0 Å². The fourth-order valence-electron chi connectivity index (χ4n) is 3.04. The number of nitrogens with one attached hydrogen (secondary N) is 2. The van der Waals surface area contributed by atoms with Crippen molar-refractivity contribution in [2.24, 2.45) is 0 Å². The summed E-state index contributed by atoms with van der Waals surface area (Å²) >= 11 is 5.55. The Morgan fingerprint density at radius 2 is 1.68 bits per heavy atom. The summed E-state index contributed by atoms with van der Waals surface area (Å²) in [6.07, 6.45) is 0. The number of carbonyl (C=O) groups excluding carboxylic acids is 1. The highest BCUT2D eigenvalue weighted by atomic mass is 32.1. The number of ether oxygens (including phenoxy) is 1. The number of thiocarbonyl (C=S) groups is 1. The van der Waals surface area contributed by atoms with E-state index in [1.165, 1.54) is 12.7 Å². The maximum absolute atomic E-state index is 11.7. The highest BCUT2D eigenvalue weighted by Gasteiger charge is 2.17. The first kappa shape index (κ1) is 19.6. The van der Waals surface area contributed by atoms with E-state index in [9.17, 15) is 4.79 Å². The van der Waals surface area contributed by atoms with Crippen LogP contribution >= 0.6 is 12.2 Å². The van der Waals surface area contributed by atoms with Gasteiger partial charge in [-0.1, -0.05) is 60.7 Å². The van der Waals surface area contributed by atoms with Gasteiger partial charge in [0.1, 0.15) is 0 Å². The van der Waals surface area contributed by atoms with Crippen molar-refractivity contribution in [1.82, 2.24) is 5.32 Å². The highest BCUT2D eigenvalue weighted by Crippen LogP contribution is 2.25. The van der Waals surface area contributed by atoms with Gasteiger partial charge in [0.2, 0.25) is 0 Å². The Hall–Kier alpha value is -3.18. The molecule has 0 aliphatic rings. The smallest absolute Gasteiger partial charge is 0.337 e. The Kier molecular flexibility index (Phi) is 6.40. The Morgan fingerprint density at radius 1 is 0.964 bits per heavy atom. The fourth-order valence-corrected chi connectivity index (χ4v) is 3.27. The van der Waals surface area contributed by atoms with E-state index in [1.807, 2.05) is 36.4 Å². The van der Waals surface area contributed by atoms with Crippen LogP contribution in [0.5, 0.6) is 0 Å². The molecule has 0 amide bonds. The number of benzene rings is 3. The minimum Gasteiger partial charge on any atom is -0.465 e. The van der Waals surface area contributed by atoms with E-state index >= 15 is 0 Å². The molecule has 3 aromatic rings. The zero-order chi connectivity index (χ0) is 19.9. The van der Waals surface area contributed by atoms with Crippen LogP contribution in [0.2, 0.25) is 0 Å². The molecular formula is C23H22N2O2S. The van der Waals surface area contributed by atoms with Gasteiger partial charge in [-0.25, -0.2) is 4.79 Å².